The van der Waals surface area contributed by atoms with Crippen LogP contribution in [-0.2, 0) is 18.6 Å². The number of allylic oxidation sites excluding steroid dienone is 8. The van der Waals surface area contributed by atoms with Crippen molar-refractivity contribution >= 4 is 0 Å². The van der Waals surface area contributed by atoms with Gasteiger partial charge in [-0.1, -0.05) is 27.7 Å². The molecule has 0 amide bonds. The van der Waals surface area contributed by atoms with Crippen LogP contribution in [0.4, 0.5) is 0 Å². The molecule has 0 N–H and O–H groups in total. The van der Waals surface area contributed by atoms with Gasteiger partial charge in [0.2, 0.25) is 0 Å². The van der Waals surface area contributed by atoms with Crippen LogP contribution < -0.4 is 24.8 Å². The van der Waals surface area contributed by atoms with Crippen LogP contribution in [0.2, 0.25) is 0 Å². The second-order valence-corrected chi connectivity index (χ2v) is 4.77. The molecule has 0 bridgehead atoms. The van der Waals surface area contributed by atoms with Crippen molar-refractivity contribution in [3.8, 4) is 0 Å². The number of hydrogen-bond acceptors (Lipinski definition) is 0. The van der Waals surface area contributed by atoms with Crippen LogP contribution in [0.1, 0.15) is 54.4 Å². The SMILES string of the molecule is CC1=[C-]CC(C)=C1C.CC1=[C-]CC(C)=C1C.[Cl-].[Cl-].[V+4]. The molecule has 2 rings (SSSR count). The molecule has 0 aromatic rings. The topological polar surface area (TPSA) is 0 Å². The average molecular weight is 336 g/mol. The standard InChI is InChI=1S/2C8H11.2ClH.V/c2*1-6-4-5-7(2)8(6)3;;;/h2*4H2,1-3H3;2*1H;/q2*-1;;;+4/p-2. The Labute approximate surface area is 143 Å². The van der Waals surface area contributed by atoms with Crippen molar-refractivity contribution in [2.75, 3.05) is 0 Å². The Kier molecular flexibility index (Phi) is 13.8. The van der Waals surface area contributed by atoms with Gasteiger partial charge in [0.1, 0.15) is 0 Å². The van der Waals surface area contributed by atoms with Crippen molar-refractivity contribution in [2.24, 2.45) is 0 Å². The van der Waals surface area contributed by atoms with Gasteiger partial charge in [-0.05, 0) is 0 Å². The van der Waals surface area contributed by atoms with Crippen LogP contribution >= 0.6 is 0 Å². The molecule has 0 aromatic heterocycles. The maximum Gasteiger partial charge on any atom is 4.00 e. The van der Waals surface area contributed by atoms with E-state index >= 15 is 0 Å². The van der Waals surface area contributed by atoms with Crippen LogP contribution in [0.25, 0.3) is 0 Å². The van der Waals surface area contributed by atoms with Gasteiger partial charge in [0.05, 0.1) is 0 Å². The molecule has 2 aliphatic carbocycles. The third kappa shape index (κ3) is 6.90. The van der Waals surface area contributed by atoms with Crippen LogP contribution in [0.3, 0.4) is 0 Å². The molecule has 105 valence electrons. The zero-order chi connectivity index (χ0) is 12.3. The van der Waals surface area contributed by atoms with E-state index < -0.39 is 0 Å². The predicted octanol–water partition coefficient (Wildman–Crippen LogP) is -1.04. The summed E-state index contributed by atoms with van der Waals surface area (Å²) in [6, 6.07) is 0. The fraction of sp³-hybridized carbons (Fsp3) is 0.500. The summed E-state index contributed by atoms with van der Waals surface area (Å²) in [6.07, 6.45) is 8.63. The predicted molar refractivity (Wildman–Crippen MR) is 70.8 cm³/mol. The fourth-order valence-electron chi connectivity index (χ4n) is 1.70. The molecule has 0 saturated carbocycles. The minimum absolute atomic E-state index is 0. The summed E-state index contributed by atoms with van der Waals surface area (Å²) in [5, 5.41) is 0. The number of halogens is 2. The quantitative estimate of drug-likeness (QED) is 0.496. The van der Waals surface area contributed by atoms with Crippen molar-refractivity contribution in [1.82, 2.24) is 0 Å². The molecule has 0 saturated heterocycles. The first-order valence-corrected chi connectivity index (χ1v) is 5.91. The zero-order valence-electron chi connectivity index (χ0n) is 12.6. The second-order valence-electron chi connectivity index (χ2n) is 4.77. The molecule has 0 heterocycles. The molecule has 3 heteroatoms. The van der Waals surface area contributed by atoms with E-state index in [1.807, 2.05) is 0 Å². The molecule has 19 heavy (non-hydrogen) atoms. The Hall–Kier alpha value is 0.124. The molecule has 1 radical (unpaired) electrons. The van der Waals surface area contributed by atoms with E-state index in [1.54, 1.807) is 0 Å². The van der Waals surface area contributed by atoms with Gasteiger partial charge < -0.3 is 24.8 Å². The third-order valence-electron chi connectivity index (χ3n) is 3.64. The Morgan fingerprint density at radius 1 is 0.632 bits per heavy atom. The van der Waals surface area contributed by atoms with E-state index in [4.69, 9.17) is 0 Å². The maximum atomic E-state index is 3.26. The first kappa shape index (κ1) is 24.2. The van der Waals surface area contributed by atoms with Gasteiger partial charge in [0.25, 0.3) is 0 Å². The normalized spacial score (nSPS) is 16.5. The minimum Gasteiger partial charge on any atom is -1.00 e. The Balaban J connectivity index is -0.000000233. The van der Waals surface area contributed by atoms with Crippen molar-refractivity contribution in [3.05, 3.63) is 45.6 Å². The number of hydrogen-bond donors (Lipinski definition) is 0. The van der Waals surface area contributed by atoms with Crippen LogP contribution in [-0.4, -0.2) is 0 Å². The van der Waals surface area contributed by atoms with Gasteiger partial charge in [0, 0.05) is 0 Å². The van der Waals surface area contributed by atoms with E-state index in [0.717, 1.165) is 12.8 Å². The zero-order valence-corrected chi connectivity index (χ0v) is 15.5. The summed E-state index contributed by atoms with van der Waals surface area (Å²) in [4.78, 5) is 0. The minimum atomic E-state index is 0. The summed E-state index contributed by atoms with van der Waals surface area (Å²) < 4.78 is 0. The summed E-state index contributed by atoms with van der Waals surface area (Å²) in [6.45, 7) is 12.9. The molecule has 0 unspecified atom stereocenters. The van der Waals surface area contributed by atoms with E-state index in [1.165, 1.54) is 33.4 Å². The Morgan fingerprint density at radius 2 is 0.895 bits per heavy atom. The first-order valence-electron chi connectivity index (χ1n) is 5.91. The molecular formula is C16H22Cl2V. The first-order chi connectivity index (χ1) is 7.43. The fourth-order valence-corrected chi connectivity index (χ4v) is 1.70. The van der Waals surface area contributed by atoms with Gasteiger partial charge in [-0.2, -0.15) is 22.3 Å². The van der Waals surface area contributed by atoms with Gasteiger partial charge in [-0.15, -0.1) is 26.7 Å². The van der Waals surface area contributed by atoms with Crippen molar-refractivity contribution in [2.45, 2.75) is 54.4 Å². The van der Waals surface area contributed by atoms with Crippen molar-refractivity contribution < 1.29 is 43.4 Å². The number of rotatable bonds is 0. The summed E-state index contributed by atoms with van der Waals surface area (Å²) in [7, 11) is 0. The Morgan fingerprint density at radius 3 is 0.947 bits per heavy atom. The van der Waals surface area contributed by atoms with E-state index in [2.05, 4.69) is 53.7 Å². The van der Waals surface area contributed by atoms with Gasteiger partial charge in [-0.3, -0.25) is 12.2 Å². The largest absolute Gasteiger partial charge is 4.00 e. The maximum absolute atomic E-state index is 3.26. The third-order valence-corrected chi connectivity index (χ3v) is 3.64. The summed E-state index contributed by atoms with van der Waals surface area (Å²) >= 11 is 0. The van der Waals surface area contributed by atoms with Gasteiger partial charge in [0.15, 0.2) is 0 Å². The van der Waals surface area contributed by atoms with Gasteiger partial charge in [-0.25, -0.2) is 11.1 Å². The summed E-state index contributed by atoms with van der Waals surface area (Å²) in [5.74, 6) is 0. The summed E-state index contributed by atoms with van der Waals surface area (Å²) in [5.41, 5.74) is 8.49. The molecular weight excluding hydrogens is 314 g/mol. The van der Waals surface area contributed by atoms with E-state index in [-0.39, 0.29) is 43.4 Å². The molecule has 0 fully saturated rings. The molecule has 0 aromatic carbocycles. The molecule has 0 atom stereocenters. The van der Waals surface area contributed by atoms with Crippen LogP contribution in [0.5, 0.6) is 0 Å². The molecule has 0 nitrogen and oxygen atoms in total. The second kappa shape index (κ2) is 10.9. The van der Waals surface area contributed by atoms with E-state index in [0.29, 0.717) is 0 Å². The van der Waals surface area contributed by atoms with Crippen molar-refractivity contribution in [1.29, 1.82) is 0 Å². The Bertz CT molecular complexity index is 361. The monoisotopic (exact) mass is 335 g/mol. The van der Waals surface area contributed by atoms with Gasteiger partial charge >= 0.3 is 18.6 Å². The van der Waals surface area contributed by atoms with Crippen LogP contribution in [0.15, 0.2) is 33.4 Å². The molecule has 0 spiro atoms. The molecule has 2 aliphatic rings. The van der Waals surface area contributed by atoms with Crippen LogP contribution in [0, 0.1) is 12.2 Å². The van der Waals surface area contributed by atoms with Crippen molar-refractivity contribution in [3.63, 3.8) is 0 Å². The average Bonchev–Trinajstić information content (AvgIpc) is 2.70. The molecule has 0 aliphatic heterocycles. The smallest absolute Gasteiger partial charge is 1.00 e. The van der Waals surface area contributed by atoms with E-state index in [9.17, 15) is 0 Å².